The molecular weight excluding hydrogens is 246 g/mol. The van der Waals surface area contributed by atoms with Gasteiger partial charge in [-0.15, -0.1) is 0 Å². The number of aliphatic carboxylic acids is 2. The summed E-state index contributed by atoms with van der Waals surface area (Å²) in [6.45, 7) is 1.96. The van der Waals surface area contributed by atoms with Gasteiger partial charge in [-0.1, -0.05) is 29.8 Å². The number of carboxylic acid groups (broad SMARTS) is 2. The van der Waals surface area contributed by atoms with Gasteiger partial charge in [-0.3, -0.25) is 9.59 Å². The second kappa shape index (κ2) is 6.89. The fourth-order valence-corrected chi connectivity index (χ4v) is 1.83. The van der Waals surface area contributed by atoms with Crippen LogP contribution < -0.4 is 5.73 Å². The second-order valence-corrected chi connectivity index (χ2v) is 4.75. The molecule has 0 amide bonds. The predicted octanol–water partition coefficient (Wildman–Crippen LogP) is 1.43. The smallest absolute Gasteiger partial charge is 0.320 e. The number of rotatable bonds is 7. The number of nitrogens with two attached hydrogens (primary N) is 1. The summed E-state index contributed by atoms with van der Waals surface area (Å²) in [6, 6.07) is 6.64. The van der Waals surface area contributed by atoms with Gasteiger partial charge in [0.25, 0.3) is 0 Å². The number of carboxylic acids is 2. The third-order valence-electron chi connectivity index (χ3n) is 3.10. The average molecular weight is 265 g/mol. The van der Waals surface area contributed by atoms with Crippen LogP contribution in [0.2, 0.25) is 0 Å². The largest absolute Gasteiger partial charge is 0.481 e. The highest BCUT2D eigenvalue weighted by Gasteiger charge is 2.21. The van der Waals surface area contributed by atoms with Crippen molar-refractivity contribution in [1.82, 2.24) is 0 Å². The van der Waals surface area contributed by atoms with Gasteiger partial charge >= 0.3 is 11.9 Å². The first-order valence-electron chi connectivity index (χ1n) is 6.17. The first-order chi connectivity index (χ1) is 8.90. The lowest BCUT2D eigenvalue weighted by atomic mass is 9.93. The summed E-state index contributed by atoms with van der Waals surface area (Å²) in [5.74, 6) is -2.62. The molecule has 0 aromatic heterocycles. The lowest BCUT2D eigenvalue weighted by Gasteiger charge is -2.14. The molecule has 0 radical (unpaired) electrons. The van der Waals surface area contributed by atoms with Crippen LogP contribution in [-0.4, -0.2) is 28.2 Å². The maximum absolute atomic E-state index is 11.2. The third kappa shape index (κ3) is 5.09. The fraction of sp³-hybridized carbons (Fsp3) is 0.429. The van der Waals surface area contributed by atoms with Crippen LogP contribution in [0.1, 0.15) is 24.0 Å². The first kappa shape index (κ1) is 15.2. The molecule has 1 aromatic rings. The van der Waals surface area contributed by atoms with E-state index in [1.807, 2.05) is 31.2 Å². The van der Waals surface area contributed by atoms with Crippen LogP contribution in [-0.2, 0) is 16.0 Å². The Morgan fingerprint density at radius 3 is 2.16 bits per heavy atom. The van der Waals surface area contributed by atoms with E-state index >= 15 is 0 Å². The minimum absolute atomic E-state index is 0.165. The van der Waals surface area contributed by atoms with Gasteiger partial charge in [0.05, 0.1) is 5.92 Å². The van der Waals surface area contributed by atoms with Crippen LogP contribution in [0.5, 0.6) is 0 Å². The molecule has 2 atom stereocenters. The van der Waals surface area contributed by atoms with Gasteiger partial charge < -0.3 is 15.9 Å². The zero-order valence-electron chi connectivity index (χ0n) is 10.9. The van der Waals surface area contributed by atoms with E-state index < -0.39 is 23.9 Å². The summed E-state index contributed by atoms with van der Waals surface area (Å²) in [7, 11) is 0. The zero-order chi connectivity index (χ0) is 14.4. The number of benzene rings is 1. The van der Waals surface area contributed by atoms with E-state index in [4.69, 9.17) is 15.9 Å². The van der Waals surface area contributed by atoms with E-state index in [2.05, 4.69) is 0 Å². The fourth-order valence-electron chi connectivity index (χ4n) is 1.83. The highest BCUT2D eigenvalue weighted by Crippen LogP contribution is 2.16. The Kier molecular flexibility index (Phi) is 5.51. The van der Waals surface area contributed by atoms with Gasteiger partial charge in [-0.2, -0.15) is 0 Å². The molecule has 0 fully saturated rings. The summed E-state index contributed by atoms with van der Waals surface area (Å²) in [5, 5.41) is 17.8. The Bertz CT molecular complexity index is 441. The van der Waals surface area contributed by atoms with Crippen molar-refractivity contribution in [3.63, 3.8) is 0 Å². The standard InChI is InChI=1S/C14H19NO4/c1-9-2-4-10(5-3-9)8-11(13(16)17)6-7-12(15)14(18)19/h2-5,11-12H,6-8,15H2,1H3,(H,16,17)(H,18,19). The molecular formula is C14H19NO4. The van der Waals surface area contributed by atoms with Gasteiger partial charge in [0, 0.05) is 0 Å². The number of aryl methyl sites for hydroxylation is 1. The van der Waals surface area contributed by atoms with Gasteiger partial charge in [0.15, 0.2) is 0 Å². The molecule has 5 heteroatoms. The van der Waals surface area contributed by atoms with Crippen molar-refractivity contribution in [2.75, 3.05) is 0 Å². The van der Waals surface area contributed by atoms with Crippen molar-refractivity contribution < 1.29 is 19.8 Å². The quantitative estimate of drug-likeness (QED) is 0.692. The van der Waals surface area contributed by atoms with E-state index in [1.165, 1.54) is 0 Å². The molecule has 104 valence electrons. The maximum Gasteiger partial charge on any atom is 0.320 e. The Labute approximate surface area is 112 Å². The van der Waals surface area contributed by atoms with Crippen LogP contribution in [0.15, 0.2) is 24.3 Å². The van der Waals surface area contributed by atoms with E-state index in [-0.39, 0.29) is 12.8 Å². The first-order valence-corrected chi connectivity index (χ1v) is 6.17. The molecule has 0 bridgehead atoms. The third-order valence-corrected chi connectivity index (χ3v) is 3.10. The van der Waals surface area contributed by atoms with Crippen molar-refractivity contribution in [1.29, 1.82) is 0 Å². The number of carbonyl (C=O) groups is 2. The molecule has 0 aliphatic rings. The molecule has 2 unspecified atom stereocenters. The molecule has 0 saturated heterocycles. The minimum atomic E-state index is -1.10. The van der Waals surface area contributed by atoms with E-state index in [9.17, 15) is 9.59 Å². The van der Waals surface area contributed by atoms with Crippen LogP contribution >= 0.6 is 0 Å². The lowest BCUT2D eigenvalue weighted by Crippen LogP contribution is -2.31. The monoisotopic (exact) mass is 265 g/mol. The van der Waals surface area contributed by atoms with Gasteiger partial charge in [-0.25, -0.2) is 0 Å². The van der Waals surface area contributed by atoms with E-state index in [0.29, 0.717) is 6.42 Å². The molecule has 4 N–H and O–H groups in total. The predicted molar refractivity (Wildman–Crippen MR) is 70.9 cm³/mol. The second-order valence-electron chi connectivity index (χ2n) is 4.75. The number of hydrogen-bond donors (Lipinski definition) is 3. The van der Waals surface area contributed by atoms with Gasteiger partial charge in [-0.05, 0) is 31.7 Å². The molecule has 0 aliphatic carbocycles. The number of hydrogen-bond acceptors (Lipinski definition) is 3. The summed E-state index contributed by atoms with van der Waals surface area (Å²) < 4.78 is 0. The summed E-state index contributed by atoms with van der Waals surface area (Å²) in [5.41, 5.74) is 7.43. The summed E-state index contributed by atoms with van der Waals surface area (Å²) >= 11 is 0. The van der Waals surface area contributed by atoms with Crippen molar-refractivity contribution in [3.8, 4) is 0 Å². The lowest BCUT2D eigenvalue weighted by molar-refractivity contribution is -0.143. The topological polar surface area (TPSA) is 101 Å². The van der Waals surface area contributed by atoms with Gasteiger partial charge in [0.2, 0.25) is 0 Å². The van der Waals surface area contributed by atoms with E-state index in [1.54, 1.807) is 0 Å². The highest BCUT2D eigenvalue weighted by atomic mass is 16.4. The Morgan fingerprint density at radius 2 is 1.68 bits per heavy atom. The van der Waals surface area contributed by atoms with Crippen LogP contribution in [0, 0.1) is 12.8 Å². The van der Waals surface area contributed by atoms with Crippen molar-refractivity contribution in [3.05, 3.63) is 35.4 Å². The molecule has 0 heterocycles. The Morgan fingerprint density at radius 1 is 1.11 bits per heavy atom. The highest BCUT2D eigenvalue weighted by molar-refractivity contribution is 5.73. The molecule has 1 aromatic carbocycles. The summed E-state index contributed by atoms with van der Waals surface area (Å²) in [4.78, 5) is 21.8. The van der Waals surface area contributed by atoms with Crippen LogP contribution in [0.3, 0.4) is 0 Å². The molecule has 0 saturated carbocycles. The van der Waals surface area contributed by atoms with E-state index in [0.717, 1.165) is 11.1 Å². The molecule has 0 spiro atoms. The molecule has 1 rings (SSSR count). The Hall–Kier alpha value is -1.88. The normalized spacial score (nSPS) is 13.8. The average Bonchev–Trinajstić information content (AvgIpc) is 2.35. The minimum Gasteiger partial charge on any atom is -0.481 e. The maximum atomic E-state index is 11.2. The summed E-state index contributed by atoms with van der Waals surface area (Å²) in [6.07, 6.45) is 0.816. The zero-order valence-corrected chi connectivity index (χ0v) is 10.9. The van der Waals surface area contributed by atoms with Gasteiger partial charge in [0.1, 0.15) is 6.04 Å². The molecule has 19 heavy (non-hydrogen) atoms. The van der Waals surface area contributed by atoms with Crippen LogP contribution in [0.4, 0.5) is 0 Å². The van der Waals surface area contributed by atoms with Crippen LogP contribution in [0.25, 0.3) is 0 Å². The van der Waals surface area contributed by atoms with Crippen molar-refractivity contribution >= 4 is 11.9 Å². The van der Waals surface area contributed by atoms with Crippen molar-refractivity contribution in [2.45, 2.75) is 32.2 Å². The molecule has 0 aliphatic heterocycles. The molecule has 5 nitrogen and oxygen atoms in total. The Balaban J connectivity index is 2.60. The van der Waals surface area contributed by atoms with Crippen molar-refractivity contribution in [2.24, 2.45) is 11.7 Å². The SMILES string of the molecule is Cc1ccc(CC(CCC(N)C(=O)O)C(=O)O)cc1.